The SMILES string of the molecule is c1cc2c3c(c1)c1cnccc1c1ccc[n+](c13)CO2. The van der Waals surface area contributed by atoms with E-state index in [0.29, 0.717) is 6.73 Å². The molecule has 0 fully saturated rings. The summed E-state index contributed by atoms with van der Waals surface area (Å²) in [7, 11) is 0. The van der Waals surface area contributed by atoms with Gasteiger partial charge in [-0.25, -0.2) is 0 Å². The van der Waals surface area contributed by atoms with Crippen LogP contribution >= 0.6 is 0 Å². The molecule has 0 saturated heterocycles. The van der Waals surface area contributed by atoms with Crippen molar-refractivity contribution in [3.05, 3.63) is 55.0 Å². The summed E-state index contributed by atoms with van der Waals surface area (Å²) in [5.74, 6) is 0.962. The summed E-state index contributed by atoms with van der Waals surface area (Å²) in [4.78, 5) is 4.29. The number of benzene rings is 2. The van der Waals surface area contributed by atoms with E-state index < -0.39 is 0 Å². The van der Waals surface area contributed by atoms with Gasteiger partial charge in [-0.05, 0) is 23.6 Å². The largest absolute Gasteiger partial charge is 0.435 e. The third-order valence-corrected chi connectivity index (χ3v) is 4.09. The van der Waals surface area contributed by atoms with E-state index >= 15 is 0 Å². The average Bonchev–Trinajstić information content (AvgIpc) is 2.53. The molecule has 1 aliphatic rings. The number of pyridine rings is 2. The van der Waals surface area contributed by atoms with Crippen LogP contribution < -0.4 is 9.30 Å². The molecule has 1 aliphatic heterocycles. The standard InChI is InChI=1S/C17H11N2O/c1-3-12-14-9-18-7-6-11(14)13-4-2-8-19-10-20-15(5-1)16(12)17(13)19/h1-9H,10H2/q+1. The van der Waals surface area contributed by atoms with Crippen molar-refractivity contribution in [3.63, 3.8) is 0 Å². The highest BCUT2D eigenvalue weighted by Crippen LogP contribution is 2.38. The molecule has 0 radical (unpaired) electrons. The molecule has 3 heteroatoms. The zero-order chi connectivity index (χ0) is 13.1. The normalized spacial score (nSPS) is 13.2. The quantitative estimate of drug-likeness (QED) is 0.358. The van der Waals surface area contributed by atoms with Gasteiger partial charge in [-0.1, -0.05) is 12.1 Å². The van der Waals surface area contributed by atoms with E-state index in [9.17, 15) is 0 Å². The van der Waals surface area contributed by atoms with Crippen LogP contribution in [0.25, 0.3) is 32.4 Å². The minimum Gasteiger partial charge on any atom is -0.435 e. The zero-order valence-corrected chi connectivity index (χ0v) is 10.7. The zero-order valence-electron chi connectivity index (χ0n) is 10.7. The number of hydrogen-bond acceptors (Lipinski definition) is 2. The Bertz CT molecular complexity index is 925. The monoisotopic (exact) mass is 259 g/mol. The van der Waals surface area contributed by atoms with Crippen LogP contribution in [0.2, 0.25) is 0 Å². The second-order valence-corrected chi connectivity index (χ2v) is 5.11. The Morgan fingerprint density at radius 2 is 1.90 bits per heavy atom. The lowest BCUT2D eigenvalue weighted by Gasteiger charge is -2.16. The molecule has 3 heterocycles. The molecule has 0 unspecified atom stereocenters. The summed E-state index contributed by atoms with van der Waals surface area (Å²) in [5.41, 5.74) is 1.25. The second kappa shape index (κ2) is 3.45. The van der Waals surface area contributed by atoms with Gasteiger partial charge in [0.25, 0.3) is 6.73 Å². The van der Waals surface area contributed by atoms with Crippen molar-refractivity contribution in [1.82, 2.24) is 4.98 Å². The third-order valence-electron chi connectivity index (χ3n) is 4.09. The summed E-state index contributed by atoms with van der Waals surface area (Å²) in [6.45, 7) is 0.569. The number of fused-ring (bicyclic) bond motifs is 3. The third kappa shape index (κ3) is 1.11. The van der Waals surface area contributed by atoms with Crippen molar-refractivity contribution in [1.29, 1.82) is 0 Å². The van der Waals surface area contributed by atoms with Gasteiger partial charge in [0.15, 0.2) is 6.20 Å². The molecule has 0 amide bonds. The number of nitrogens with zero attached hydrogens (tertiary/aromatic N) is 2. The van der Waals surface area contributed by atoms with Gasteiger partial charge in [-0.15, -0.1) is 0 Å². The van der Waals surface area contributed by atoms with Gasteiger partial charge < -0.3 is 4.74 Å². The van der Waals surface area contributed by atoms with Crippen LogP contribution in [0.4, 0.5) is 0 Å². The fraction of sp³-hybridized carbons (Fsp3) is 0.0588. The summed E-state index contributed by atoms with van der Waals surface area (Å²) in [5, 5.41) is 6.08. The smallest absolute Gasteiger partial charge is 0.292 e. The number of ether oxygens (including phenoxy) is 1. The molecular weight excluding hydrogens is 248 g/mol. The van der Waals surface area contributed by atoms with Crippen LogP contribution in [0, 0.1) is 0 Å². The summed E-state index contributed by atoms with van der Waals surface area (Å²) < 4.78 is 8.05. The highest BCUT2D eigenvalue weighted by molar-refractivity contribution is 6.24. The van der Waals surface area contributed by atoms with E-state index in [1.165, 1.54) is 32.4 Å². The lowest BCUT2D eigenvalue weighted by Crippen LogP contribution is -2.39. The fourth-order valence-corrected chi connectivity index (χ4v) is 3.26. The van der Waals surface area contributed by atoms with Crippen LogP contribution in [0.3, 0.4) is 0 Å². The summed E-state index contributed by atoms with van der Waals surface area (Å²) in [6.07, 6.45) is 5.88. The maximum absolute atomic E-state index is 5.88. The number of rotatable bonds is 0. The van der Waals surface area contributed by atoms with E-state index in [1.807, 2.05) is 18.5 Å². The van der Waals surface area contributed by atoms with Crippen LogP contribution in [-0.2, 0) is 6.73 Å². The molecule has 0 aliphatic carbocycles. The van der Waals surface area contributed by atoms with Crippen LogP contribution in [-0.4, -0.2) is 4.98 Å². The molecule has 2 aromatic carbocycles. The predicted molar refractivity (Wildman–Crippen MR) is 77.6 cm³/mol. The van der Waals surface area contributed by atoms with Crippen molar-refractivity contribution in [2.45, 2.75) is 6.73 Å². The summed E-state index contributed by atoms with van der Waals surface area (Å²) >= 11 is 0. The lowest BCUT2D eigenvalue weighted by molar-refractivity contribution is -0.701. The molecule has 5 rings (SSSR count). The van der Waals surface area contributed by atoms with E-state index in [-0.39, 0.29) is 0 Å². The molecule has 0 N–H and O–H groups in total. The fourth-order valence-electron chi connectivity index (χ4n) is 3.26. The van der Waals surface area contributed by atoms with Crippen molar-refractivity contribution in [3.8, 4) is 5.75 Å². The maximum Gasteiger partial charge on any atom is 0.292 e. The molecule has 4 aromatic rings. The highest BCUT2D eigenvalue weighted by Gasteiger charge is 2.24. The molecule has 20 heavy (non-hydrogen) atoms. The molecule has 94 valence electrons. The van der Waals surface area contributed by atoms with Crippen molar-refractivity contribution in [2.75, 3.05) is 0 Å². The minimum atomic E-state index is 0.569. The van der Waals surface area contributed by atoms with Gasteiger partial charge in [0.05, 0.1) is 10.8 Å². The molecule has 2 aromatic heterocycles. The van der Waals surface area contributed by atoms with Gasteiger partial charge in [0, 0.05) is 29.2 Å². The van der Waals surface area contributed by atoms with Gasteiger partial charge in [0.2, 0.25) is 5.52 Å². The van der Waals surface area contributed by atoms with Crippen molar-refractivity contribution >= 4 is 32.4 Å². The Morgan fingerprint density at radius 3 is 2.90 bits per heavy atom. The molecule has 0 bridgehead atoms. The minimum absolute atomic E-state index is 0.569. The van der Waals surface area contributed by atoms with Gasteiger partial charge in [0.1, 0.15) is 5.75 Å². The average molecular weight is 259 g/mol. The van der Waals surface area contributed by atoms with Crippen LogP contribution in [0.5, 0.6) is 5.75 Å². The highest BCUT2D eigenvalue weighted by atomic mass is 16.5. The molecule has 0 saturated carbocycles. The topological polar surface area (TPSA) is 26.0 Å². The van der Waals surface area contributed by atoms with E-state index in [0.717, 1.165) is 5.75 Å². The molecule has 0 atom stereocenters. The van der Waals surface area contributed by atoms with Crippen LogP contribution in [0.1, 0.15) is 0 Å². The number of hydrogen-bond donors (Lipinski definition) is 0. The van der Waals surface area contributed by atoms with Crippen molar-refractivity contribution < 1.29 is 9.30 Å². The Morgan fingerprint density at radius 1 is 0.950 bits per heavy atom. The van der Waals surface area contributed by atoms with Gasteiger partial charge in [-0.3, -0.25) is 4.98 Å². The first-order chi connectivity index (χ1) is 9.93. The van der Waals surface area contributed by atoms with E-state index in [4.69, 9.17) is 4.74 Å². The van der Waals surface area contributed by atoms with Crippen molar-refractivity contribution in [2.24, 2.45) is 0 Å². The molecule has 0 spiro atoms. The van der Waals surface area contributed by atoms with E-state index in [2.05, 4.69) is 46.1 Å². The summed E-state index contributed by atoms with van der Waals surface area (Å²) in [6, 6.07) is 12.6. The van der Waals surface area contributed by atoms with Gasteiger partial charge >= 0.3 is 0 Å². The maximum atomic E-state index is 5.88. The van der Waals surface area contributed by atoms with E-state index in [1.54, 1.807) is 0 Å². The second-order valence-electron chi connectivity index (χ2n) is 5.11. The Labute approximate surface area is 115 Å². The molecule has 3 nitrogen and oxygen atoms in total. The lowest BCUT2D eigenvalue weighted by atomic mass is 9.97. The Hall–Kier alpha value is -2.68. The predicted octanol–water partition coefficient (Wildman–Crippen LogP) is 3.18. The molecular formula is C17H11N2O+. The first kappa shape index (κ1) is 10.1. The number of aromatic nitrogens is 2. The Kier molecular flexibility index (Phi) is 1.75. The van der Waals surface area contributed by atoms with Gasteiger partial charge in [-0.2, -0.15) is 4.57 Å². The Balaban J connectivity index is 2.26. The van der Waals surface area contributed by atoms with Crippen LogP contribution in [0.15, 0.2) is 55.0 Å². The first-order valence-corrected chi connectivity index (χ1v) is 6.67. The first-order valence-electron chi connectivity index (χ1n) is 6.67.